The minimum Gasteiger partial charge on any atom is -0.342 e. The van der Waals surface area contributed by atoms with Crippen molar-refractivity contribution in [2.75, 3.05) is 19.3 Å². The van der Waals surface area contributed by atoms with E-state index >= 15 is 0 Å². The summed E-state index contributed by atoms with van der Waals surface area (Å²) in [6.45, 7) is 1.28. The van der Waals surface area contributed by atoms with Gasteiger partial charge in [-0.1, -0.05) is 43.2 Å². The van der Waals surface area contributed by atoms with Crippen LogP contribution in [-0.2, 0) is 20.2 Å². The molecule has 1 saturated heterocycles. The molecule has 0 atom stereocenters. The second-order valence-electron chi connectivity index (χ2n) is 8.54. The molecule has 0 bridgehead atoms. The summed E-state index contributed by atoms with van der Waals surface area (Å²) in [6, 6.07) is 10.1. The summed E-state index contributed by atoms with van der Waals surface area (Å²) in [5.41, 5.74) is 0.422. The Morgan fingerprint density at radius 2 is 1.73 bits per heavy atom. The van der Waals surface area contributed by atoms with E-state index in [0.29, 0.717) is 31.8 Å². The molecule has 0 spiro atoms. The van der Waals surface area contributed by atoms with Crippen molar-refractivity contribution >= 4 is 15.9 Å². The third kappa shape index (κ3) is 3.67. The maximum Gasteiger partial charge on any atom is 0.233 e. The van der Waals surface area contributed by atoms with E-state index in [1.165, 1.54) is 19.1 Å². The van der Waals surface area contributed by atoms with Gasteiger partial charge in [0, 0.05) is 18.6 Å². The molecular weight excluding hydrogens is 348 g/mol. The lowest BCUT2D eigenvalue weighted by molar-refractivity contribution is -0.135. The molecule has 1 N–H and O–H groups in total. The molecule has 1 aromatic carbocycles. The van der Waals surface area contributed by atoms with Crippen molar-refractivity contribution in [1.82, 2.24) is 9.62 Å². The third-order valence-electron chi connectivity index (χ3n) is 6.27. The Balaban J connectivity index is 1.46. The predicted molar refractivity (Wildman–Crippen MR) is 101 cm³/mol. The summed E-state index contributed by atoms with van der Waals surface area (Å²) in [4.78, 5) is 15.2. The summed E-state index contributed by atoms with van der Waals surface area (Å²) in [6.07, 6.45) is 7.82. The van der Waals surface area contributed by atoms with Crippen molar-refractivity contribution in [1.29, 1.82) is 0 Å². The lowest BCUT2D eigenvalue weighted by atomic mass is 9.83. The van der Waals surface area contributed by atoms with Crippen molar-refractivity contribution in [2.45, 2.75) is 55.9 Å². The Hall–Kier alpha value is -1.40. The van der Waals surface area contributed by atoms with Crippen molar-refractivity contribution < 1.29 is 13.2 Å². The highest BCUT2D eigenvalue weighted by Gasteiger charge is 2.54. The number of carbonyl (C=O) groups excluding carboxylic acids is 1. The van der Waals surface area contributed by atoms with Gasteiger partial charge >= 0.3 is 0 Å². The molecular formula is C20H28N2O3S. The van der Waals surface area contributed by atoms with E-state index in [1.54, 1.807) is 0 Å². The molecule has 1 aliphatic heterocycles. The van der Waals surface area contributed by atoms with Gasteiger partial charge in [-0.15, -0.1) is 0 Å². The summed E-state index contributed by atoms with van der Waals surface area (Å²) in [5, 5.41) is 0. The summed E-state index contributed by atoms with van der Waals surface area (Å²) >= 11 is 0. The topological polar surface area (TPSA) is 66.5 Å². The number of rotatable bonds is 6. The van der Waals surface area contributed by atoms with Crippen LogP contribution in [0.15, 0.2) is 30.3 Å². The van der Waals surface area contributed by atoms with Gasteiger partial charge in [-0.25, -0.2) is 13.1 Å². The number of sulfonamides is 1. The Morgan fingerprint density at radius 3 is 2.23 bits per heavy atom. The molecule has 5 nitrogen and oxygen atoms in total. The van der Waals surface area contributed by atoms with Gasteiger partial charge in [0.05, 0.1) is 11.7 Å². The minimum absolute atomic E-state index is 0.225. The van der Waals surface area contributed by atoms with Gasteiger partial charge in [0.25, 0.3) is 0 Å². The van der Waals surface area contributed by atoms with E-state index in [1.807, 2.05) is 23.1 Å². The fourth-order valence-electron chi connectivity index (χ4n) is 4.56. The van der Waals surface area contributed by atoms with Crippen molar-refractivity contribution in [3.05, 3.63) is 35.9 Å². The third-order valence-corrected chi connectivity index (χ3v) is 7.08. The number of benzene rings is 1. The van der Waals surface area contributed by atoms with Crippen LogP contribution in [-0.4, -0.2) is 44.1 Å². The van der Waals surface area contributed by atoms with Gasteiger partial charge in [0.1, 0.15) is 0 Å². The molecule has 3 fully saturated rings. The molecule has 1 heterocycles. The smallest absolute Gasteiger partial charge is 0.233 e. The number of piperidine rings is 1. The van der Waals surface area contributed by atoms with Gasteiger partial charge < -0.3 is 4.90 Å². The van der Waals surface area contributed by atoms with E-state index in [9.17, 15) is 13.2 Å². The van der Waals surface area contributed by atoms with Crippen LogP contribution in [0.4, 0.5) is 0 Å². The number of hydrogen-bond donors (Lipinski definition) is 1. The molecule has 142 valence electrons. The van der Waals surface area contributed by atoms with Crippen molar-refractivity contribution in [3.63, 3.8) is 0 Å². The zero-order valence-corrected chi connectivity index (χ0v) is 16.2. The Morgan fingerprint density at radius 1 is 1.12 bits per heavy atom. The highest BCUT2D eigenvalue weighted by atomic mass is 32.2. The van der Waals surface area contributed by atoms with Crippen LogP contribution < -0.4 is 4.72 Å². The lowest BCUT2D eigenvalue weighted by Crippen LogP contribution is -2.57. The molecule has 3 aliphatic rings. The Bertz CT molecular complexity index is 775. The van der Waals surface area contributed by atoms with Crippen LogP contribution in [0.25, 0.3) is 0 Å². The first-order valence-electron chi connectivity index (χ1n) is 9.66. The van der Waals surface area contributed by atoms with Gasteiger partial charge in [-0.2, -0.15) is 0 Å². The number of amides is 1. The van der Waals surface area contributed by atoms with Gasteiger partial charge in [0.15, 0.2) is 0 Å². The number of carbonyl (C=O) groups is 1. The van der Waals surface area contributed by atoms with Crippen molar-refractivity contribution in [3.8, 4) is 0 Å². The maximum atomic E-state index is 13.2. The van der Waals surface area contributed by atoms with E-state index < -0.39 is 10.0 Å². The van der Waals surface area contributed by atoms with Crippen LogP contribution in [0.2, 0.25) is 0 Å². The minimum atomic E-state index is -3.25. The molecule has 4 rings (SSSR count). The fourth-order valence-corrected chi connectivity index (χ4v) is 5.64. The second-order valence-corrected chi connectivity index (χ2v) is 10.3. The molecule has 6 heteroatoms. The molecule has 0 radical (unpaired) electrons. The van der Waals surface area contributed by atoms with E-state index in [-0.39, 0.29) is 16.9 Å². The molecule has 2 saturated carbocycles. The first-order chi connectivity index (χ1) is 12.3. The summed E-state index contributed by atoms with van der Waals surface area (Å²) in [5.74, 6) is 0.869. The molecule has 1 amide bonds. The van der Waals surface area contributed by atoms with Crippen LogP contribution in [0.3, 0.4) is 0 Å². The largest absolute Gasteiger partial charge is 0.342 e. The zero-order chi connectivity index (χ0) is 18.4. The first kappa shape index (κ1) is 18.0. The highest BCUT2D eigenvalue weighted by Crippen LogP contribution is 2.50. The highest BCUT2D eigenvalue weighted by molar-refractivity contribution is 7.88. The fraction of sp³-hybridized carbons (Fsp3) is 0.650. The lowest BCUT2D eigenvalue weighted by Gasteiger charge is -2.43. The Labute approximate surface area is 156 Å². The van der Waals surface area contributed by atoms with Gasteiger partial charge in [0.2, 0.25) is 15.9 Å². The molecule has 0 aromatic heterocycles. The molecule has 26 heavy (non-hydrogen) atoms. The number of hydrogen-bond acceptors (Lipinski definition) is 3. The predicted octanol–water partition coefficient (Wildman–Crippen LogP) is 2.43. The normalized spacial score (nSPS) is 24.3. The monoisotopic (exact) mass is 376 g/mol. The first-order valence-corrected chi connectivity index (χ1v) is 11.6. The van der Waals surface area contributed by atoms with Gasteiger partial charge in [-0.05, 0) is 43.6 Å². The zero-order valence-electron chi connectivity index (χ0n) is 15.4. The van der Waals surface area contributed by atoms with E-state index in [4.69, 9.17) is 0 Å². The quantitative estimate of drug-likeness (QED) is 0.829. The average molecular weight is 377 g/mol. The SMILES string of the molecule is CS(=O)(=O)NC1(CC2CC2)CCN(C(=O)C2(c3ccccc3)CC2)CC1. The maximum absolute atomic E-state index is 13.2. The van der Waals surface area contributed by atoms with Gasteiger partial charge in [-0.3, -0.25) is 4.79 Å². The van der Waals surface area contributed by atoms with Crippen molar-refractivity contribution in [2.24, 2.45) is 5.92 Å². The summed E-state index contributed by atoms with van der Waals surface area (Å²) in [7, 11) is -3.25. The van der Waals surface area contributed by atoms with Crippen LogP contribution >= 0.6 is 0 Å². The van der Waals surface area contributed by atoms with Crippen LogP contribution in [0, 0.1) is 5.92 Å². The second kappa shape index (κ2) is 6.34. The van der Waals surface area contributed by atoms with E-state index in [2.05, 4.69) is 16.9 Å². The van der Waals surface area contributed by atoms with Crippen LogP contribution in [0.5, 0.6) is 0 Å². The molecule has 0 unspecified atom stereocenters. The Kier molecular flexibility index (Phi) is 4.39. The number of nitrogens with one attached hydrogen (secondary N) is 1. The van der Waals surface area contributed by atoms with E-state index in [0.717, 1.165) is 24.8 Å². The summed E-state index contributed by atoms with van der Waals surface area (Å²) < 4.78 is 26.7. The number of nitrogens with zero attached hydrogens (tertiary/aromatic N) is 1. The molecule has 1 aromatic rings. The molecule has 2 aliphatic carbocycles. The average Bonchev–Trinajstić information content (AvgIpc) is 3.50. The number of likely N-dealkylation sites (tertiary alicyclic amines) is 1. The van der Waals surface area contributed by atoms with Crippen LogP contribution in [0.1, 0.15) is 50.5 Å². The standard InChI is InChI=1S/C20H28N2O3S/c1-26(24,25)21-19(15-16-7-8-16)11-13-22(14-12-19)18(23)20(9-10-20)17-5-3-2-4-6-17/h2-6,16,21H,7-15H2,1H3.